The molecule has 0 saturated carbocycles. The lowest BCUT2D eigenvalue weighted by molar-refractivity contribution is 0.229. The minimum atomic E-state index is -0.563. The van der Waals surface area contributed by atoms with Gasteiger partial charge in [-0.2, -0.15) is 0 Å². The number of rotatable bonds is 2. The van der Waals surface area contributed by atoms with Gasteiger partial charge in [0.15, 0.2) is 0 Å². The first kappa shape index (κ1) is 8.50. The fourth-order valence-corrected chi connectivity index (χ4v) is 1.24. The van der Waals surface area contributed by atoms with Gasteiger partial charge in [-0.1, -0.05) is 34.1 Å². The zero-order valence-corrected chi connectivity index (χ0v) is 7.58. The number of aliphatic hydroxyl groups is 1. The van der Waals surface area contributed by atoms with Crippen LogP contribution in [0.15, 0.2) is 41.4 Å². The van der Waals surface area contributed by atoms with E-state index in [1.165, 1.54) is 6.08 Å². The van der Waals surface area contributed by atoms with E-state index in [1.807, 2.05) is 24.3 Å². The normalized spacial score (nSPS) is 12.5. The standard InChI is InChI=1S/C9H9BrO/c1-2-9(11)7-4-3-5-8(10)6-7/h2-6,9,11H,1H2/t9-/m1/s1. The topological polar surface area (TPSA) is 20.2 Å². The molecular formula is C9H9BrO. The summed E-state index contributed by atoms with van der Waals surface area (Å²) in [5.74, 6) is 0. The van der Waals surface area contributed by atoms with Gasteiger partial charge in [-0.3, -0.25) is 0 Å². The maximum atomic E-state index is 9.31. The Labute approximate surface area is 74.5 Å². The zero-order chi connectivity index (χ0) is 8.27. The minimum absolute atomic E-state index is 0.563. The van der Waals surface area contributed by atoms with Crippen LogP contribution in [0.25, 0.3) is 0 Å². The van der Waals surface area contributed by atoms with Crippen LogP contribution >= 0.6 is 15.9 Å². The monoisotopic (exact) mass is 212 g/mol. The van der Waals surface area contributed by atoms with E-state index in [4.69, 9.17) is 0 Å². The van der Waals surface area contributed by atoms with Crippen molar-refractivity contribution in [3.63, 3.8) is 0 Å². The second-order valence-electron chi connectivity index (χ2n) is 2.24. The molecular weight excluding hydrogens is 204 g/mol. The van der Waals surface area contributed by atoms with Gasteiger partial charge in [0, 0.05) is 4.47 Å². The predicted octanol–water partition coefficient (Wildman–Crippen LogP) is 2.67. The molecule has 0 heterocycles. The highest BCUT2D eigenvalue weighted by atomic mass is 79.9. The summed E-state index contributed by atoms with van der Waals surface area (Å²) in [6, 6.07) is 7.52. The molecule has 1 atom stereocenters. The van der Waals surface area contributed by atoms with Crippen molar-refractivity contribution in [3.8, 4) is 0 Å². The summed E-state index contributed by atoms with van der Waals surface area (Å²) in [7, 11) is 0. The van der Waals surface area contributed by atoms with Crippen LogP contribution in [0.1, 0.15) is 11.7 Å². The molecule has 1 aromatic rings. The maximum Gasteiger partial charge on any atom is 0.0969 e. The maximum absolute atomic E-state index is 9.31. The number of aliphatic hydroxyl groups excluding tert-OH is 1. The van der Waals surface area contributed by atoms with Crippen molar-refractivity contribution >= 4 is 15.9 Å². The summed E-state index contributed by atoms with van der Waals surface area (Å²) >= 11 is 3.31. The lowest BCUT2D eigenvalue weighted by Gasteiger charge is -2.04. The van der Waals surface area contributed by atoms with E-state index >= 15 is 0 Å². The quantitative estimate of drug-likeness (QED) is 0.748. The third kappa shape index (κ3) is 2.17. The van der Waals surface area contributed by atoms with Gasteiger partial charge < -0.3 is 5.11 Å². The van der Waals surface area contributed by atoms with E-state index in [-0.39, 0.29) is 0 Å². The van der Waals surface area contributed by atoms with Gasteiger partial charge in [0.25, 0.3) is 0 Å². The van der Waals surface area contributed by atoms with Crippen molar-refractivity contribution in [2.45, 2.75) is 6.10 Å². The summed E-state index contributed by atoms with van der Waals surface area (Å²) in [5, 5.41) is 9.31. The minimum Gasteiger partial charge on any atom is -0.384 e. The predicted molar refractivity (Wildman–Crippen MR) is 49.3 cm³/mol. The second kappa shape index (κ2) is 3.69. The van der Waals surface area contributed by atoms with Gasteiger partial charge in [0.05, 0.1) is 6.10 Å². The van der Waals surface area contributed by atoms with Crippen LogP contribution in [0.5, 0.6) is 0 Å². The van der Waals surface area contributed by atoms with Crippen LogP contribution in [0.2, 0.25) is 0 Å². The summed E-state index contributed by atoms with van der Waals surface area (Å²) in [6.07, 6.45) is 0.939. The Morgan fingerprint density at radius 2 is 2.27 bits per heavy atom. The van der Waals surface area contributed by atoms with E-state index in [9.17, 15) is 5.11 Å². The second-order valence-corrected chi connectivity index (χ2v) is 3.15. The molecule has 0 saturated heterocycles. The molecule has 1 N–H and O–H groups in total. The highest BCUT2D eigenvalue weighted by Crippen LogP contribution is 2.18. The lowest BCUT2D eigenvalue weighted by Crippen LogP contribution is -1.90. The summed E-state index contributed by atoms with van der Waals surface area (Å²) in [4.78, 5) is 0. The highest BCUT2D eigenvalue weighted by Gasteiger charge is 2.00. The first-order valence-corrected chi connectivity index (χ1v) is 4.09. The van der Waals surface area contributed by atoms with E-state index in [2.05, 4.69) is 22.5 Å². The molecule has 0 aliphatic heterocycles. The largest absolute Gasteiger partial charge is 0.384 e. The lowest BCUT2D eigenvalue weighted by atomic mass is 10.1. The summed E-state index contributed by atoms with van der Waals surface area (Å²) in [5.41, 5.74) is 0.856. The number of halogens is 1. The van der Waals surface area contributed by atoms with Gasteiger partial charge in [-0.25, -0.2) is 0 Å². The summed E-state index contributed by atoms with van der Waals surface area (Å²) < 4.78 is 0.968. The number of hydrogen-bond acceptors (Lipinski definition) is 1. The Hall–Kier alpha value is -0.600. The Morgan fingerprint density at radius 3 is 2.82 bits per heavy atom. The molecule has 2 heteroatoms. The molecule has 0 spiro atoms. The average Bonchev–Trinajstić information content (AvgIpc) is 2.03. The van der Waals surface area contributed by atoms with Gasteiger partial charge in [-0.15, -0.1) is 6.58 Å². The average molecular weight is 213 g/mol. The van der Waals surface area contributed by atoms with Crippen molar-refractivity contribution in [1.29, 1.82) is 0 Å². The van der Waals surface area contributed by atoms with Crippen LogP contribution in [0, 0.1) is 0 Å². The molecule has 1 rings (SSSR count). The van der Waals surface area contributed by atoms with Gasteiger partial charge in [0.1, 0.15) is 0 Å². The van der Waals surface area contributed by atoms with Crippen LogP contribution in [-0.2, 0) is 0 Å². The summed E-state index contributed by atoms with van der Waals surface area (Å²) in [6.45, 7) is 3.50. The first-order chi connectivity index (χ1) is 5.24. The molecule has 0 radical (unpaired) electrons. The van der Waals surface area contributed by atoms with E-state index < -0.39 is 6.10 Å². The van der Waals surface area contributed by atoms with E-state index in [0.29, 0.717) is 0 Å². The third-order valence-electron chi connectivity index (χ3n) is 1.41. The third-order valence-corrected chi connectivity index (χ3v) is 1.91. The van der Waals surface area contributed by atoms with Gasteiger partial charge >= 0.3 is 0 Å². The van der Waals surface area contributed by atoms with Crippen molar-refractivity contribution in [1.82, 2.24) is 0 Å². The fraction of sp³-hybridized carbons (Fsp3) is 0.111. The Bertz CT molecular complexity index is 257. The first-order valence-electron chi connectivity index (χ1n) is 3.30. The number of benzene rings is 1. The molecule has 0 bridgehead atoms. The van der Waals surface area contributed by atoms with Crippen molar-refractivity contribution in [3.05, 3.63) is 47.0 Å². The van der Waals surface area contributed by atoms with Crippen LogP contribution in [-0.4, -0.2) is 5.11 Å². The van der Waals surface area contributed by atoms with E-state index in [1.54, 1.807) is 0 Å². The molecule has 1 aromatic carbocycles. The van der Waals surface area contributed by atoms with Gasteiger partial charge in [0.2, 0.25) is 0 Å². The molecule has 11 heavy (non-hydrogen) atoms. The number of hydrogen-bond donors (Lipinski definition) is 1. The van der Waals surface area contributed by atoms with Crippen LogP contribution in [0.4, 0.5) is 0 Å². The smallest absolute Gasteiger partial charge is 0.0969 e. The Balaban J connectivity index is 2.95. The van der Waals surface area contributed by atoms with E-state index in [0.717, 1.165) is 10.0 Å². The van der Waals surface area contributed by atoms with Crippen molar-refractivity contribution < 1.29 is 5.11 Å². The van der Waals surface area contributed by atoms with Crippen LogP contribution < -0.4 is 0 Å². The van der Waals surface area contributed by atoms with Crippen molar-refractivity contribution in [2.24, 2.45) is 0 Å². The highest BCUT2D eigenvalue weighted by molar-refractivity contribution is 9.10. The molecule has 0 aromatic heterocycles. The zero-order valence-electron chi connectivity index (χ0n) is 6.00. The van der Waals surface area contributed by atoms with Crippen LogP contribution in [0.3, 0.4) is 0 Å². The SMILES string of the molecule is C=C[C@@H](O)c1cccc(Br)c1. The molecule has 0 fully saturated rings. The Morgan fingerprint density at radius 1 is 1.55 bits per heavy atom. The molecule has 58 valence electrons. The van der Waals surface area contributed by atoms with Crippen molar-refractivity contribution in [2.75, 3.05) is 0 Å². The molecule has 0 aliphatic rings. The molecule has 0 unspecified atom stereocenters. The molecule has 0 aliphatic carbocycles. The Kier molecular flexibility index (Phi) is 2.85. The van der Waals surface area contributed by atoms with Gasteiger partial charge in [-0.05, 0) is 17.7 Å². The molecule has 1 nitrogen and oxygen atoms in total. The fourth-order valence-electron chi connectivity index (χ4n) is 0.827. The molecule has 0 amide bonds.